The normalized spacial score (nSPS) is 14.1. The second-order valence-electron chi connectivity index (χ2n) is 5.88. The molecule has 1 amide bonds. The van der Waals surface area contributed by atoms with Crippen molar-refractivity contribution in [3.8, 4) is 5.75 Å². The third-order valence-electron chi connectivity index (χ3n) is 4.17. The van der Waals surface area contributed by atoms with E-state index in [4.69, 9.17) is 4.74 Å². The van der Waals surface area contributed by atoms with Gasteiger partial charge in [-0.15, -0.1) is 11.3 Å². The zero-order valence-corrected chi connectivity index (χ0v) is 13.7. The molecule has 3 aromatic rings. The smallest absolute Gasteiger partial charge is 0.268 e. The summed E-state index contributed by atoms with van der Waals surface area (Å²) in [5.41, 5.74) is 3.01. The number of aromatic nitrogens is 1. The van der Waals surface area contributed by atoms with Crippen molar-refractivity contribution in [2.24, 2.45) is 0 Å². The summed E-state index contributed by atoms with van der Waals surface area (Å²) in [4.78, 5) is 12.5. The first-order chi connectivity index (χ1) is 11.2. The van der Waals surface area contributed by atoms with Crippen LogP contribution in [0.15, 0.2) is 41.8 Å². The Morgan fingerprint density at radius 2 is 2.09 bits per heavy atom. The van der Waals surface area contributed by atoms with Crippen LogP contribution in [0.1, 0.15) is 28.9 Å². The Kier molecular flexibility index (Phi) is 3.58. The van der Waals surface area contributed by atoms with Crippen molar-refractivity contribution in [2.45, 2.75) is 25.4 Å². The molecule has 1 aromatic carbocycles. The number of methoxy groups -OCH3 is 1. The highest BCUT2D eigenvalue weighted by molar-refractivity contribution is 7.17. The average molecular weight is 326 g/mol. The molecule has 1 aliphatic carbocycles. The van der Waals surface area contributed by atoms with E-state index in [-0.39, 0.29) is 5.91 Å². The summed E-state index contributed by atoms with van der Waals surface area (Å²) in [6, 6.07) is 12.4. The van der Waals surface area contributed by atoms with E-state index in [0.29, 0.717) is 12.6 Å². The lowest BCUT2D eigenvalue weighted by Crippen LogP contribution is -2.27. The van der Waals surface area contributed by atoms with E-state index < -0.39 is 0 Å². The van der Waals surface area contributed by atoms with Crippen LogP contribution in [0.5, 0.6) is 5.75 Å². The van der Waals surface area contributed by atoms with Gasteiger partial charge in [0, 0.05) is 12.6 Å². The molecule has 2 aromatic heterocycles. The number of ether oxygens (including phenoxy) is 1. The maximum atomic E-state index is 12.5. The minimum atomic E-state index is 0.0319. The van der Waals surface area contributed by atoms with Gasteiger partial charge < -0.3 is 14.6 Å². The molecule has 0 spiro atoms. The zero-order chi connectivity index (χ0) is 15.8. The Morgan fingerprint density at radius 3 is 2.78 bits per heavy atom. The van der Waals surface area contributed by atoms with Crippen molar-refractivity contribution < 1.29 is 9.53 Å². The Labute approximate surface area is 138 Å². The topological polar surface area (TPSA) is 43.3 Å². The predicted octanol–water partition coefficient (Wildman–Crippen LogP) is 3.65. The Morgan fingerprint density at radius 1 is 1.30 bits per heavy atom. The largest absolute Gasteiger partial charge is 0.497 e. The van der Waals surface area contributed by atoms with Crippen LogP contribution < -0.4 is 10.1 Å². The van der Waals surface area contributed by atoms with Crippen LogP contribution in [0.2, 0.25) is 0 Å². The fraction of sp³-hybridized carbons (Fsp3) is 0.278. The number of nitrogens with one attached hydrogen (secondary N) is 1. The fourth-order valence-corrected chi connectivity index (χ4v) is 3.56. The molecular weight excluding hydrogens is 308 g/mol. The van der Waals surface area contributed by atoms with Crippen LogP contribution in [-0.2, 0) is 6.54 Å². The predicted molar refractivity (Wildman–Crippen MR) is 92.4 cm³/mol. The van der Waals surface area contributed by atoms with E-state index in [1.165, 1.54) is 0 Å². The lowest BCUT2D eigenvalue weighted by atomic mass is 10.2. The molecule has 5 heteroatoms. The number of amides is 1. The first kappa shape index (κ1) is 14.3. The summed E-state index contributed by atoms with van der Waals surface area (Å²) in [7, 11) is 1.66. The number of thiophene rings is 1. The van der Waals surface area contributed by atoms with Crippen LogP contribution in [0, 0.1) is 0 Å². The number of fused-ring (bicyclic) bond motifs is 1. The van der Waals surface area contributed by atoms with Crippen molar-refractivity contribution in [3.63, 3.8) is 0 Å². The molecule has 4 rings (SSSR count). The van der Waals surface area contributed by atoms with Gasteiger partial charge in [0.2, 0.25) is 0 Å². The van der Waals surface area contributed by atoms with E-state index in [0.717, 1.165) is 40.1 Å². The number of rotatable bonds is 5. The summed E-state index contributed by atoms with van der Waals surface area (Å²) >= 11 is 1.67. The molecule has 1 fully saturated rings. The highest BCUT2D eigenvalue weighted by atomic mass is 32.1. The van der Waals surface area contributed by atoms with Crippen molar-refractivity contribution in [2.75, 3.05) is 7.11 Å². The summed E-state index contributed by atoms with van der Waals surface area (Å²) in [5, 5.41) is 5.16. The fourth-order valence-electron chi connectivity index (χ4n) is 2.74. The van der Waals surface area contributed by atoms with E-state index in [1.807, 2.05) is 30.3 Å². The second-order valence-corrected chi connectivity index (χ2v) is 6.83. The Balaban J connectivity index is 1.68. The molecule has 118 valence electrons. The minimum absolute atomic E-state index is 0.0319. The van der Waals surface area contributed by atoms with Crippen LogP contribution in [0.25, 0.3) is 10.2 Å². The Bertz CT molecular complexity index is 844. The number of nitrogens with zero attached hydrogens (tertiary/aromatic N) is 1. The first-order valence-corrected chi connectivity index (χ1v) is 8.63. The van der Waals surface area contributed by atoms with Crippen LogP contribution in [-0.4, -0.2) is 23.6 Å². The summed E-state index contributed by atoms with van der Waals surface area (Å²) in [5.74, 6) is 0.873. The maximum absolute atomic E-state index is 12.5. The van der Waals surface area contributed by atoms with Crippen LogP contribution >= 0.6 is 11.3 Å². The number of carbonyl (C=O) groups excluding carboxylic acids is 1. The third-order valence-corrected chi connectivity index (χ3v) is 5.02. The van der Waals surface area contributed by atoms with Crippen LogP contribution in [0.4, 0.5) is 0 Å². The highest BCUT2D eigenvalue weighted by Crippen LogP contribution is 2.27. The molecule has 0 aliphatic heterocycles. The minimum Gasteiger partial charge on any atom is -0.497 e. The third kappa shape index (κ3) is 2.84. The zero-order valence-electron chi connectivity index (χ0n) is 12.9. The SMILES string of the molecule is COc1ccc(Cn2c(C(=O)NC3CC3)cc3sccc32)cc1. The monoisotopic (exact) mass is 326 g/mol. The standard InChI is InChI=1S/C18H18N2O2S/c1-22-14-6-2-12(3-7-14)11-20-15-8-9-23-17(15)10-16(20)18(21)19-13-4-5-13/h2-3,6-10,13H,4-5,11H2,1H3,(H,19,21). The van der Waals surface area contributed by atoms with Crippen LogP contribution in [0.3, 0.4) is 0 Å². The molecule has 1 saturated carbocycles. The van der Waals surface area contributed by atoms with Crippen molar-refractivity contribution in [1.82, 2.24) is 9.88 Å². The van der Waals surface area contributed by atoms with Gasteiger partial charge in [-0.1, -0.05) is 12.1 Å². The van der Waals surface area contributed by atoms with E-state index >= 15 is 0 Å². The second kappa shape index (κ2) is 5.74. The van der Waals surface area contributed by atoms with Gasteiger partial charge in [0.05, 0.1) is 17.3 Å². The van der Waals surface area contributed by atoms with E-state index in [1.54, 1.807) is 18.4 Å². The van der Waals surface area contributed by atoms with E-state index in [9.17, 15) is 4.79 Å². The lowest BCUT2D eigenvalue weighted by molar-refractivity contribution is 0.0942. The van der Waals surface area contributed by atoms with Crippen molar-refractivity contribution in [1.29, 1.82) is 0 Å². The highest BCUT2D eigenvalue weighted by Gasteiger charge is 2.26. The molecular formula is C18H18N2O2S. The van der Waals surface area contributed by atoms with Gasteiger partial charge in [-0.3, -0.25) is 4.79 Å². The summed E-state index contributed by atoms with van der Waals surface area (Å²) in [6.45, 7) is 0.678. The molecule has 4 nitrogen and oxygen atoms in total. The molecule has 0 bridgehead atoms. The Hall–Kier alpha value is -2.27. The van der Waals surface area contributed by atoms with Gasteiger partial charge in [-0.25, -0.2) is 0 Å². The number of benzene rings is 1. The van der Waals surface area contributed by atoms with E-state index in [2.05, 4.69) is 21.3 Å². The number of carbonyl (C=O) groups is 1. The molecule has 0 saturated heterocycles. The number of hydrogen-bond donors (Lipinski definition) is 1. The lowest BCUT2D eigenvalue weighted by Gasteiger charge is -2.11. The van der Waals surface area contributed by atoms with Crippen molar-refractivity contribution in [3.05, 3.63) is 53.0 Å². The van der Waals surface area contributed by atoms with Gasteiger partial charge in [-0.2, -0.15) is 0 Å². The van der Waals surface area contributed by atoms with Crippen molar-refractivity contribution >= 4 is 27.5 Å². The van der Waals surface area contributed by atoms with Gasteiger partial charge >= 0.3 is 0 Å². The molecule has 0 radical (unpaired) electrons. The molecule has 23 heavy (non-hydrogen) atoms. The maximum Gasteiger partial charge on any atom is 0.268 e. The average Bonchev–Trinajstić information content (AvgIpc) is 3.14. The summed E-state index contributed by atoms with van der Waals surface area (Å²) < 4.78 is 8.46. The van der Waals surface area contributed by atoms with Gasteiger partial charge in [0.25, 0.3) is 5.91 Å². The molecule has 1 N–H and O–H groups in total. The first-order valence-electron chi connectivity index (χ1n) is 7.75. The number of hydrogen-bond acceptors (Lipinski definition) is 3. The molecule has 0 atom stereocenters. The summed E-state index contributed by atoms with van der Waals surface area (Å²) in [6.07, 6.45) is 2.19. The molecule has 1 aliphatic rings. The van der Waals surface area contributed by atoms with Gasteiger partial charge in [-0.05, 0) is 48.1 Å². The van der Waals surface area contributed by atoms with Gasteiger partial charge in [0.1, 0.15) is 11.4 Å². The quantitative estimate of drug-likeness (QED) is 0.778. The molecule has 0 unspecified atom stereocenters. The van der Waals surface area contributed by atoms with Gasteiger partial charge in [0.15, 0.2) is 0 Å². The molecule has 2 heterocycles.